The SMILES string of the molecule is Cc1onc(-c2ccccc2Cl)c1C(=O)N1CCN(Cc2csc(-c3ccccc3)n2)CC1. The number of thiazole rings is 1. The van der Waals surface area contributed by atoms with Crippen molar-refractivity contribution in [1.82, 2.24) is 19.9 Å². The Balaban J connectivity index is 1.24. The van der Waals surface area contributed by atoms with E-state index in [1.165, 1.54) is 0 Å². The molecule has 6 nitrogen and oxygen atoms in total. The maximum Gasteiger partial charge on any atom is 0.259 e. The highest BCUT2D eigenvalue weighted by Crippen LogP contribution is 2.32. The zero-order valence-corrected chi connectivity index (χ0v) is 19.8. The normalized spacial score (nSPS) is 14.5. The van der Waals surface area contributed by atoms with Crippen molar-refractivity contribution in [3.8, 4) is 21.8 Å². The van der Waals surface area contributed by atoms with Gasteiger partial charge >= 0.3 is 0 Å². The smallest absolute Gasteiger partial charge is 0.259 e. The highest BCUT2D eigenvalue weighted by Gasteiger charge is 2.29. The number of benzene rings is 2. The van der Waals surface area contributed by atoms with E-state index in [1.807, 2.05) is 41.3 Å². The van der Waals surface area contributed by atoms with E-state index in [2.05, 4.69) is 27.6 Å². The summed E-state index contributed by atoms with van der Waals surface area (Å²) in [6.07, 6.45) is 0. The van der Waals surface area contributed by atoms with Gasteiger partial charge in [0.2, 0.25) is 0 Å². The molecule has 1 saturated heterocycles. The Morgan fingerprint density at radius 3 is 2.55 bits per heavy atom. The minimum Gasteiger partial charge on any atom is -0.360 e. The van der Waals surface area contributed by atoms with Crippen LogP contribution in [0.4, 0.5) is 0 Å². The average molecular weight is 479 g/mol. The molecule has 8 heteroatoms. The number of aromatic nitrogens is 2. The number of carbonyl (C=O) groups is 1. The van der Waals surface area contributed by atoms with Gasteiger partial charge in [-0.15, -0.1) is 11.3 Å². The molecule has 0 aliphatic carbocycles. The van der Waals surface area contributed by atoms with Gasteiger partial charge in [0.15, 0.2) is 0 Å². The van der Waals surface area contributed by atoms with E-state index in [4.69, 9.17) is 21.1 Å². The second kappa shape index (κ2) is 9.47. The quantitative estimate of drug-likeness (QED) is 0.385. The molecular formula is C25H23ClN4O2S. The van der Waals surface area contributed by atoms with Gasteiger partial charge in [0.1, 0.15) is 22.0 Å². The van der Waals surface area contributed by atoms with Gasteiger partial charge < -0.3 is 9.42 Å². The summed E-state index contributed by atoms with van der Waals surface area (Å²) in [4.78, 5) is 22.4. The zero-order valence-electron chi connectivity index (χ0n) is 18.2. The molecule has 1 aliphatic heterocycles. The van der Waals surface area contributed by atoms with Gasteiger partial charge in [-0.2, -0.15) is 0 Å². The molecule has 1 fully saturated rings. The van der Waals surface area contributed by atoms with Crippen LogP contribution in [-0.4, -0.2) is 52.0 Å². The molecule has 2 aromatic heterocycles. The van der Waals surface area contributed by atoms with Gasteiger partial charge in [-0.05, 0) is 13.0 Å². The Kier molecular flexibility index (Phi) is 6.26. The van der Waals surface area contributed by atoms with Crippen LogP contribution in [0, 0.1) is 6.92 Å². The number of hydrogen-bond acceptors (Lipinski definition) is 6. The first-order chi connectivity index (χ1) is 16.1. The third kappa shape index (κ3) is 4.57. The average Bonchev–Trinajstić information content (AvgIpc) is 3.47. The molecule has 4 aromatic rings. The molecule has 0 atom stereocenters. The van der Waals surface area contributed by atoms with E-state index < -0.39 is 0 Å². The minimum atomic E-state index is -0.0664. The summed E-state index contributed by atoms with van der Waals surface area (Å²) in [5.74, 6) is 0.441. The highest BCUT2D eigenvalue weighted by molar-refractivity contribution is 7.13. The Hall–Kier alpha value is -3.00. The van der Waals surface area contributed by atoms with Crippen molar-refractivity contribution in [2.45, 2.75) is 13.5 Å². The Bertz CT molecular complexity index is 1260. The number of aryl methyl sites for hydroxylation is 1. The number of hydrogen-bond donors (Lipinski definition) is 0. The third-order valence-electron chi connectivity index (χ3n) is 5.82. The molecule has 1 amide bonds. The Morgan fingerprint density at radius 1 is 1.06 bits per heavy atom. The zero-order chi connectivity index (χ0) is 22.8. The predicted molar refractivity (Wildman–Crippen MR) is 130 cm³/mol. The first-order valence-corrected chi connectivity index (χ1v) is 12.1. The summed E-state index contributed by atoms with van der Waals surface area (Å²) in [6, 6.07) is 17.6. The van der Waals surface area contributed by atoms with Crippen molar-refractivity contribution >= 4 is 28.8 Å². The second-order valence-electron chi connectivity index (χ2n) is 8.02. The molecule has 0 saturated carbocycles. The first kappa shape index (κ1) is 21.8. The van der Waals surface area contributed by atoms with Crippen molar-refractivity contribution < 1.29 is 9.32 Å². The van der Waals surface area contributed by atoms with Gasteiger partial charge in [0, 0.05) is 49.2 Å². The molecular weight excluding hydrogens is 456 g/mol. The van der Waals surface area contributed by atoms with Crippen LogP contribution in [0.5, 0.6) is 0 Å². The van der Waals surface area contributed by atoms with Gasteiger partial charge in [-0.3, -0.25) is 9.69 Å². The first-order valence-electron chi connectivity index (χ1n) is 10.8. The van der Waals surface area contributed by atoms with Crippen molar-refractivity contribution in [2.75, 3.05) is 26.2 Å². The van der Waals surface area contributed by atoms with E-state index in [0.29, 0.717) is 40.7 Å². The summed E-state index contributed by atoms with van der Waals surface area (Å²) in [5.41, 5.74) is 3.90. The molecule has 0 bridgehead atoms. The van der Waals surface area contributed by atoms with Crippen LogP contribution in [0.15, 0.2) is 64.5 Å². The van der Waals surface area contributed by atoms with Crippen molar-refractivity contribution in [2.24, 2.45) is 0 Å². The largest absolute Gasteiger partial charge is 0.360 e. The van der Waals surface area contributed by atoms with Gasteiger partial charge in [0.05, 0.1) is 10.7 Å². The van der Waals surface area contributed by atoms with E-state index >= 15 is 0 Å². The van der Waals surface area contributed by atoms with Crippen LogP contribution >= 0.6 is 22.9 Å². The molecule has 0 unspecified atom stereocenters. The van der Waals surface area contributed by atoms with Crippen molar-refractivity contribution in [1.29, 1.82) is 0 Å². The van der Waals surface area contributed by atoms with E-state index in [-0.39, 0.29) is 5.91 Å². The number of piperazine rings is 1. The molecule has 2 aromatic carbocycles. The summed E-state index contributed by atoms with van der Waals surface area (Å²) in [6.45, 7) is 5.40. The van der Waals surface area contributed by atoms with Crippen LogP contribution in [0.2, 0.25) is 5.02 Å². The van der Waals surface area contributed by atoms with Crippen LogP contribution in [0.1, 0.15) is 21.8 Å². The predicted octanol–water partition coefficient (Wildman–Crippen LogP) is 5.38. The molecule has 1 aliphatic rings. The molecule has 0 spiro atoms. The fraction of sp³-hybridized carbons (Fsp3) is 0.240. The topological polar surface area (TPSA) is 62.5 Å². The van der Waals surface area contributed by atoms with Gasteiger partial charge in [0.25, 0.3) is 5.91 Å². The maximum absolute atomic E-state index is 13.4. The van der Waals surface area contributed by atoms with E-state index in [0.717, 1.165) is 35.9 Å². The fourth-order valence-corrected chi connectivity index (χ4v) is 5.09. The van der Waals surface area contributed by atoms with Crippen molar-refractivity contribution in [3.05, 3.63) is 82.0 Å². The number of nitrogens with zero attached hydrogens (tertiary/aromatic N) is 4. The van der Waals surface area contributed by atoms with Gasteiger partial charge in [-0.1, -0.05) is 65.3 Å². The van der Waals surface area contributed by atoms with Crippen LogP contribution in [0.3, 0.4) is 0 Å². The molecule has 0 radical (unpaired) electrons. The Morgan fingerprint density at radius 2 is 1.79 bits per heavy atom. The lowest BCUT2D eigenvalue weighted by atomic mass is 10.0. The molecule has 33 heavy (non-hydrogen) atoms. The maximum atomic E-state index is 13.4. The standard InChI is InChI=1S/C25H23ClN4O2S/c1-17-22(23(28-32-17)20-9-5-6-10-21(20)26)25(31)30-13-11-29(12-14-30)15-19-16-33-24(27-19)18-7-3-2-4-8-18/h2-10,16H,11-15H2,1H3. The molecule has 0 N–H and O–H groups in total. The summed E-state index contributed by atoms with van der Waals surface area (Å²) >= 11 is 8.02. The number of carbonyl (C=O) groups excluding carboxylic acids is 1. The summed E-state index contributed by atoms with van der Waals surface area (Å²) < 4.78 is 5.38. The van der Waals surface area contributed by atoms with Crippen LogP contribution < -0.4 is 0 Å². The molecule has 3 heterocycles. The minimum absolute atomic E-state index is 0.0664. The lowest BCUT2D eigenvalue weighted by Gasteiger charge is -2.34. The van der Waals surface area contributed by atoms with E-state index in [1.54, 1.807) is 24.3 Å². The molecule has 5 rings (SSSR count). The van der Waals surface area contributed by atoms with Gasteiger partial charge in [-0.25, -0.2) is 4.98 Å². The highest BCUT2D eigenvalue weighted by atomic mass is 35.5. The summed E-state index contributed by atoms with van der Waals surface area (Å²) in [7, 11) is 0. The molecule has 168 valence electrons. The van der Waals surface area contributed by atoms with Crippen molar-refractivity contribution in [3.63, 3.8) is 0 Å². The third-order valence-corrected chi connectivity index (χ3v) is 7.09. The monoisotopic (exact) mass is 478 g/mol. The lowest BCUT2D eigenvalue weighted by Crippen LogP contribution is -2.48. The second-order valence-corrected chi connectivity index (χ2v) is 9.29. The van der Waals surface area contributed by atoms with Crippen LogP contribution in [-0.2, 0) is 6.54 Å². The number of amides is 1. The van der Waals surface area contributed by atoms with E-state index in [9.17, 15) is 4.79 Å². The summed E-state index contributed by atoms with van der Waals surface area (Å²) in [5, 5.41) is 7.84. The van der Waals surface area contributed by atoms with Crippen LogP contribution in [0.25, 0.3) is 21.8 Å². The lowest BCUT2D eigenvalue weighted by molar-refractivity contribution is 0.0626. The number of halogens is 1. The Labute approximate surface area is 201 Å². The fourth-order valence-electron chi connectivity index (χ4n) is 4.05. The number of rotatable bonds is 5.